The SMILES string of the molecule is CC(=O)N(c1nc(C=Cc2nc3ccccc3s2)cs1)c1ccc(F)cc1F. The molecule has 0 aliphatic heterocycles. The van der Waals surface area contributed by atoms with Crippen LogP contribution in [0, 0.1) is 11.6 Å². The first-order valence-electron chi connectivity index (χ1n) is 8.26. The summed E-state index contributed by atoms with van der Waals surface area (Å²) >= 11 is 2.76. The number of hydrogen-bond donors (Lipinski definition) is 0. The largest absolute Gasteiger partial charge is 0.274 e. The fourth-order valence-electron chi connectivity index (χ4n) is 2.64. The lowest BCUT2D eigenvalue weighted by molar-refractivity contribution is -0.115. The Kier molecular flexibility index (Phi) is 4.97. The number of halogens is 2. The molecule has 0 saturated heterocycles. The summed E-state index contributed by atoms with van der Waals surface area (Å²) in [5.74, 6) is -1.94. The van der Waals surface area contributed by atoms with Crippen molar-refractivity contribution in [2.24, 2.45) is 0 Å². The summed E-state index contributed by atoms with van der Waals surface area (Å²) in [6, 6.07) is 10.9. The van der Waals surface area contributed by atoms with Crippen LogP contribution in [0.3, 0.4) is 0 Å². The monoisotopic (exact) mass is 413 g/mol. The summed E-state index contributed by atoms with van der Waals surface area (Å²) in [5, 5.41) is 2.90. The number of carbonyl (C=O) groups is 1. The Morgan fingerprint density at radius 1 is 1.11 bits per heavy atom. The zero-order valence-corrected chi connectivity index (χ0v) is 16.2. The van der Waals surface area contributed by atoms with Crippen LogP contribution in [0.5, 0.6) is 0 Å². The highest BCUT2D eigenvalue weighted by Crippen LogP contribution is 2.32. The van der Waals surface area contributed by atoms with Crippen LogP contribution in [-0.4, -0.2) is 15.9 Å². The van der Waals surface area contributed by atoms with Gasteiger partial charge in [0, 0.05) is 18.4 Å². The van der Waals surface area contributed by atoms with Gasteiger partial charge in [-0.1, -0.05) is 12.1 Å². The maximum Gasteiger partial charge on any atom is 0.230 e. The molecule has 28 heavy (non-hydrogen) atoms. The Hall–Kier alpha value is -2.97. The van der Waals surface area contributed by atoms with E-state index in [1.54, 1.807) is 22.8 Å². The maximum absolute atomic E-state index is 14.1. The second kappa shape index (κ2) is 7.57. The van der Waals surface area contributed by atoms with Gasteiger partial charge in [-0.2, -0.15) is 0 Å². The second-order valence-electron chi connectivity index (χ2n) is 5.86. The molecule has 1 amide bonds. The average Bonchev–Trinajstić information content (AvgIpc) is 3.28. The number of hydrogen-bond acceptors (Lipinski definition) is 5. The van der Waals surface area contributed by atoms with Crippen LogP contribution in [0.2, 0.25) is 0 Å². The molecule has 140 valence electrons. The minimum Gasteiger partial charge on any atom is -0.274 e. The zero-order valence-electron chi connectivity index (χ0n) is 14.6. The lowest BCUT2D eigenvalue weighted by atomic mass is 10.2. The fourth-order valence-corrected chi connectivity index (χ4v) is 4.36. The number of fused-ring (bicyclic) bond motifs is 1. The maximum atomic E-state index is 14.1. The van der Waals surface area contributed by atoms with Crippen molar-refractivity contribution >= 4 is 61.8 Å². The number of rotatable bonds is 4. The van der Waals surface area contributed by atoms with E-state index in [9.17, 15) is 13.6 Å². The minimum atomic E-state index is -0.822. The first-order chi connectivity index (χ1) is 13.5. The highest BCUT2D eigenvalue weighted by Gasteiger charge is 2.21. The van der Waals surface area contributed by atoms with Crippen molar-refractivity contribution in [3.63, 3.8) is 0 Å². The van der Waals surface area contributed by atoms with Gasteiger partial charge in [-0.25, -0.2) is 18.7 Å². The smallest absolute Gasteiger partial charge is 0.230 e. The predicted molar refractivity (Wildman–Crippen MR) is 110 cm³/mol. The zero-order chi connectivity index (χ0) is 19.7. The third kappa shape index (κ3) is 3.69. The summed E-state index contributed by atoms with van der Waals surface area (Å²) in [6.07, 6.45) is 3.64. The van der Waals surface area contributed by atoms with Crippen molar-refractivity contribution in [3.05, 3.63) is 70.2 Å². The fraction of sp³-hybridized carbons (Fsp3) is 0.0500. The van der Waals surface area contributed by atoms with Gasteiger partial charge in [0.2, 0.25) is 5.91 Å². The topological polar surface area (TPSA) is 46.1 Å². The molecule has 0 aliphatic rings. The number of carbonyl (C=O) groups excluding carboxylic acids is 1. The average molecular weight is 413 g/mol. The molecular formula is C20H13F2N3OS2. The third-order valence-electron chi connectivity index (χ3n) is 3.87. The molecule has 0 fully saturated rings. The molecule has 0 radical (unpaired) electrons. The Morgan fingerprint density at radius 2 is 1.93 bits per heavy atom. The summed E-state index contributed by atoms with van der Waals surface area (Å²) in [6.45, 7) is 1.31. The molecule has 8 heteroatoms. The first kappa shape index (κ1) is 18.4. The van der Waals surface area contributed by atoms with E-state index in [-0.39, 0.29) is 5.69 Å². The molecule has 2 aromatic carbocycles. The van der Waals surface area contributed by atoms with E-state index in [1.165, 1.54) is 24.3 Å². The number of anilines is 2. The number of amides is 1. The Morgan fingerprint density at radius 3 is 2.68 bits per heavy atom. The van der Waals surface area contributed by atoms with E-state index in [0.717, 1.165) is 32.3 Å². The molecule has 0 unspecified atom stereocenters. The molecular weight excluding hydrogens is 400 g/mol. The normalized spacial score (nSPS) is 11.4. The van der Waals surface area contributed by atoms with Crippen LogP contribution in [0.25, 0.3) is 22.4 Å². The van der Waals surface area contributed by atoms with Gasteiger partial charge in [0.25, 0.3) is 0 Å². The van der Waals surface area contributed by atoms with Gasteiger partial charge in [0.05, 0.1) is 21.6 Å². The molecule has 2 heterocycles. The standard InChI is InChI=1S/C20H13F2N3OS2/c1-12(26)25(17-8-6-13(21)10-15(17)22)20-23-14(11-27-20)7-9-19-24-16-4-2-3-5-18(16)28-19/h2-11H,1H3. The lowest BCUT2D eigenvalue weighted by Gasteiger charge is -2.18. The summed E-state index contributed by atoms with van der Waals surface area (Å²) < 4.78 is 28.4. The highest BCUT2D eigenvalue weighted by atomic mass is 32.1. The van der Waals surface area contributed by atoms with Crippen LogP contribution < -0.4 is 4.90 Å². The van der Waals surface area contributed by atoms with Crippen molar-refractivity contribution in [1.82, 2.24) is 9.97 Å². The van der Waals surface area contributed by atoms with Gasteiger partial charge in [-0.3, -0.25) is 9.69 Å². The molecule has 4 nitrogen and oxygen atoms in total. The number of aromatic nitrogens is 2. The number of benzene rings is 2. The molecule has 2 aromatic heterocycles. The van der Waals surface area contributed by atoms with Crippen molar-refractivity contribution < 1.29 is 13.6 Å². The molecule has 0 aliphatic carbocycles. The second-order valence-corrected chi connectivity index (χ2v) is 7.76. The van der Waals surface area contributed by atoms with Crippen LogP contribution in [0.1, 0.15) is 17.6 Å². The van der Waals surface area contributed by atoms with Crippen molar-refractivity contribution in [3.8, 4) is 0 Å². The quantitative estimate of drug-likeness (QED) is 0.419. The van der Waals surface area contributed by atoms with Gasteiger partial charge in [-0.05, 0) is 36.4 Å². The van der Waals surface area contributed by atoms with Gasteiger partial charge in [0.15, 0.2) is 5.13 Å². The molecule has 0 bridgehead atoms. The van der Waals surface area contributed by atoms with E-state index in [4.69, 9.17) is 0 Å². The minimum absolute atomic E-state index is 0.0371. The van der Waals surface area contributed by atoms with Crippen LogP contribution >= 0.6 is 22.7 Å². The Labute approximate surface area is 167 Å². The molecule has 0 atom stereocenters. The Balaban J connectivity index is 1.62. The summed E-state index contributed by atoms with van der Waals surface area (Å²) in [5.41, 5.74) is 1.51. The van der Waals surface area contributed by atoms with E-state index in [1.807, 2.05) is 30.3 Å². The number of para-hydroxylation sites is 1. The van der Waals surface area contributed by atoms with Crippen LogP contribution in [-0.2, 0) is 4.79 Å². The van der Waals surface area contributed by atoms with Crippen molar-refractivity contribution in [1.29, 1.82) is 0 Å². The molecule has 4 rings (SSSR count). The van der Waals surface area contributed by atoms with Crippen LogP contribution in [0.4, 0.5) is 19.6 Å². The summed E-state index contributed by atoms with van der Waals surface area (Å²) in [7, 11) is 0. The van der Waals surface area contributed by atoms with Crippen LogP contribution in [0.15, 0.2) is 47.8 Å². The number of thiazole rings is 2. The highest BCUT2D eigenvalue weighted by molar-refractivity contribution is 7.19. The number of nitrogens with zero attached hydrogens (tertiary/aromatic N) is 3. The van der Waals surface area contributed by atoms with E-state index >= 15 is 0 Å². The molecule has 0 N–H and O–H groups in total. The Bertz CT molecular complexity index is 1170. The van der Waals surface area contributed by atoms with Crippen molar-refractivity contribution in [2.75, 3.05) is 4.90 Å². The molecule has 0 saturated carbocycles. The lowest BCUT2D eigenvalue weighted by Crippen LogP contribution is -2.23. The van der Waals surface area contributed by atoms with Gasteiger partial charge >= 0.3 is 0 Å². The first-order valence-corrected chi connectivity index (χ1v) is 9.96. The van der Waals surface area contributed by atoms with Gasteiger partial charge in [-0.15, -0.1) is 22.7 Å². The molecule has 0 spiro atoms. The van der Waals surface area contributed by atoms with Crippen molar-refractivity contribution in [2.45, 2.75) is 6.92 Å². The van der Waals surface area contributed by atoms with E-state index < -0.39 is 17.5 Å². The van der Waals surface area contributed by atoms with E-state index in [0.29, 0.717) is 10.8 Å². The molecule has 4 aromatic rings. The van der Waals surface area contributed by atoms with Gasteiger partial charge < -0.3 is 0 Å². The third-order valence-corrected chi connectivity index (χ3v) is 5.72. The van der Waals surface area contributed by atoms with Gasteiger partial charge in [0.1, 0.15) is 16.6 Å². The predicted octanol–water partition coefficient (Wildman–Crippen LogP) is 5.89. The van der Waals surface area contributed by atoms with E-state index in [2.05, 4.69) is 9.97 Å². The summed E-state index contributed by atoms with van der Waals surface area (Å²) in [4.78, 5) is 22.1.